The molecule has 2 N–H and O–H groups in total. The maximum absolute atomic E-state index is 5.66. The van der Waals surface area contributed by atoms with E-state index >= 15 is 0 Å². The van der Waals surface area contributed by atoms with Crippen molar-refractivity contribution in [3.8, 4) is 0 Å². The van der Waals surface area contributed by atoms with Gasteiger partial charge in [0.25, 0.3) is 0 Å². The van der Waals surface area contributed by atoms with Crippen molar-refractivity contribution in [2.75, 3.05) is 40.0 Å². The fourth-order valence-electron chi connectivity index (χ4n) is 2.60. The smallest absolute Gasteiger partial charge is 0.190 e. The Balaban J connectivity index is 1.51. The van der Waals surface area contributed by atoms with Crippen molar-refractivity contribution >= 4 is 17.3 Å². The van der Waals surface area contributed by atoms with Gasteiger partial charge in [0.05, 0.1) is 23.4 Å². The summed E-state index contributed by atoms with van der Waals surface area (Å²) in [6.45, 7) is 8.39. The molecule has 1 aliphatic rings. The molecule has 0 aliphatic carbocycles. The standard InChI is InChI=1S/C18H32N4O2S/c1-14(2)17-22-15(13-25-17)7-9-21-18(19-3)20-8-5-10-23-12-16-6-4-11-24-16/h13-14,16H,4-12H2,1-3H3,(H2,19,20,21). The van der Waals surface area contributed by atoms with Crippen LogP contribution in [0.4, 0.5) is 0 Å². The summed E-state index contributed by atoms with van der Waals surface area (Å²) in [7, 11) is 1.79. The van der Waals surface area contributed by atoms with Crippen molar-refractivity contribution in [3.05, 3.63) is 16.1 Å². The minimum atomic E-state index is 0.310. The number of nitrogens with zero attached hydrogens (tertiary/aromatic N) is 2. The van der Waals surface area contributed by atoms with Crippen LogP contribution in [0.2, 0.25) is 0 Å². The molecule has 2 rings (SSSR count). The molecule has 0 spiro atoms. The molecular formula is C18H32N4O2S. The summed E-state index contributed by atoms with van der Waals surface area (Å²) in [4.78, 5) is 8.90. The third-order valence-electron chi connectivity index (χ3n) is 4.05. The second-order valence-corrected chi connectivity index (χ2v) is 7.46. The predicted molar refractivity (Wildman–Crippen MR) is 104 cm³/mol. The summed E-state index contributed by atoms with van der Waals surface area (Å²) < 4.78 is 11.2. The van der Waals surface area contributed by atoms with Crippen LogP contribution in [0.3, 0.4) is 0 Å². The molecule has 0 aromatic carbocycles. The van der Waals surface area contributed by atoms with Gasteiger partial charge >= 0.3 is 0 Å². The van der Waals surface area contributed by atoms with Crippen LogP contribution >= 0.6 is 11.3 Å². The monoisotopic (exact) mass is 368 g/mol. The highest BCUT2D eigenvalue weighted by molar-refractivity contribution is 7.09. The largest absolute Gasteiger partial charge is 0.379 e. The summed E-state index contributed by atoms with van der Waals surface area (Å²) in [6.07, 6.45) is 4.47. The average Bonchev–Trinajstić information content (AvgIpc) is 3.28. The maximum Gasteiger partial charge on any atom is 0.190 e. The second-order valence-electron chi connectivity index (χ2n) is 6.57. The molecule has 142 valence electrons. The number of guanidine groups is 1. The Bertz CT molecular complexity index is 513. The number of hydrogen-bond acceptors (Lipinski definition) is 5. The van der Waals surface area contributed by atoms with E-state index in [4.69, 9.17) is 9.47 Å². The van der Waals surface area contributed by atoms with Crippen LogP contribution in [-0.2, 0) is 15.9 Å². The molecule has 0 bridgehead atoms. The van der Waals surface area contributed by atoms with Crippen molar-refractivity contribution in [1.29, 1.82) is 0 Å². The Kier molecular flexibility index (Phi) is 9.21. The van der Waals surface area contributed by atoms with Crippen molar-refractivity contribution in [3.63, 3.8) is 0 Å². The minimum Gasteiger partial charge on any atom is -0.379 e. The Hall–Kier alpha value is -1.18. The second kappa shape index (κ2) is 11.4. The first-order chi connectivity index (χ1) is 12.2. The highest BCUT2D eigenvalue weighted by atomic mass is 32.1. The van der Waals surface area contributed by atoms with Crippen LogP contribution in [0.1, 0.15) is 49.7 Å². The first kappa shape index (κ1) is 20.1. The zero-order chi connectivity index (χ0) is 17.9. The quantitative estimate of drug-likeness (QED) is 0.377. The molecule has 1 saturated heterocycles. The Labute approximate surface area is 155 Å². The van der Waals surface area contributed by atoms with E-state index in [9.17, 15) is 0 Å². The SMILES string of the molecule is CN=C(NCCCOCC1CCCO1)NCCc1csc(C(C)C)n1. The first-order valence-electron chi connectivity index (χ1n) is 9.27. The fraction of sp³-hybridized carbons (Fsp3) is 0.778. The molecule has 1 aliphatic heterocycles. The van der Waals surface area contributed by atoms with Gasteiger partial charge in [-0.15, -0.1) is 11.3 Å². The molecule has 25 heavy (non-hydrogen) atoms. The third kappa shape index (κ3) is 7.71. The number of thiazole rings is 1. The number of hydrogen-bond donors (Lipinski definition) is 2. The van der Waals surface area contributed by atoms with Gasteiger partial charge in [-0.1, -0.05) is 13.8 Å². The third-order valence-corrected chi connectivity index (χ3v) is 5.24. The van der Waals surface area contributed by atoms with Gasteiger partial charge in [-0.2, -0.15) is 0 Å². The lowest BCUT2D eigenvalue weighted by molar-refractivity contribution is 0.0168. The summed E-state index contributed by atoms with van der Waals surface area (Å²) in [6, 6.07) is 0. The zero-order valence-electron chi connectivity index (χ0n) is 15.7. The lowest BCUT2D eigenvalue weighted by atomic mass is 10.2. The Morgan fingerprint density at radius 1 is 1.44 bits per heavy atom. The van der Waals surface area contributed by atoms with Crippen molar-refractivity contribution in [1.82, 2.24) is 15.6 Å². The topological polar surface area (TPSA) is 67.8 Å². The van der Waals surface area contributed by atoms with Crippen LogP contribution in [0, 0.1) is 0 Å². The van der Waals surface area contributed by atoms with E-state index in [1.54, 1.807) is 18.4 Å². The molecule has 1 aromatic rings. The van der Waals surface area contributed by atoms with Crippen molar-refractivity contribution < 1.29 is 9.47 Å². The fourth-order valence-corrected chi connectivity index (χ4v) is 3.47. The average molecular weight is 369 g/mol. The van der Waals surface area contributed by atoms with Gasteiger partial charge in [-0.25, -0.2) is 4.98 Å². The van der Waals surface area contributed by atoms with Crippen LogP contribution in [0.5, 0.6) is 0 Å². The molecule has 0 saturated carbocycles. The van der Waals surface area contributed by atoms with Gasteiger partial charge in [0.1, 0.15) is 0 Å². The number of rotatable bonds is 10. The Morgan fingerprint density at radius 3 is 2.96 bits per heavy atom. The summed E-state index contributed by atoms with van der Waals surface area (Å²) in [5.74, 6) is 1.34. The molecule has 2 heterocycles. The molecule has 0 radical (unpaired) electrons. The first-order valence-corrected chi connectivity index (χ1v) is 10.1. The lowest BCUT2D eigenvalue weighted by Gasteiger charge is -2.12. The van der Waals surface area contributed by atoms with Gasteiger partial charge in [0, 0.05) is 51.1 Å². The molecule has 7 heteroatoms. The summed E-state index contributed by atoms with van der Waals surface area (Å²) in [5, 5.41) is 10.0. The van der Waals surface area contributed by atoms with E-state index in [1.165, 1.54) is 5.01 Å². The highest BCUT2D eigenvalue weighted by Gasteiger charge is 2.14. The van der Waals surface area contributed by atoms with E-state index in [0.717, 1.165) is 70.2 Å². The molecule has 1 fully saturated rings. The van der Waals surface area contributed by atoms with Gasteiger partial charge in [0.15, 0.2) is 5.96 Å². The maximum atomic E-state index is 5.66. The van der Waals surface area contributed by atoms with E-state index in [0.29, 0.717) is 12.0 Å². The predicted octanol–water partition coefficient (Wildman–Crippen LogP) is 2.56. The van der Waals surface area contributed by atoms with Crippen LogP contribution in [0.15, 0.2) is 10.4 Å². The summed E-state index contributed by atoms with van der Waals surface area (Å²) in [5.41, 5.74) is 1.15. The molecule has 1 aromatic heterocycles. The van der Waals surface area contributed by atoms with Gasteiger partial charge in [0.2, 0.25) is 0 Å². The number of nitrogens with one attached hydrogen (secondary N) is 2. The lowest BCUT2D eigenvalue weighted by Crippen LogP contribution is -2.39. The summed E-state index contributed by atoms with van der Waals surface area (Å²) >= 11 is 1.75. The number of ether oxygens (including phenoxy) is 2. The molecular weight excluding hydrogens is 336 g/mol. The van der Waals surface area contributed by atoms with Gasteiger partial charge in [-0.3, -0.25) is 4.99 Å². The zero-order valence-corrected chi connectivity index (χ0v) is 16.5. The molecule has 1 unspecified atom stereocenters. The number of aliphatic imine (C=N–C) groups is 1. The molecule has 0 amide bonds. The van der Waals surface area contributed by atoms with Gasteiger partial charge < -0.3 is 20.1 Å². The molecule has 6 nitrogen and oxygen atoms in total. The van der Waals surface area contributed by atoms with E-state index in [-0.39, 0.29) is 0 Å². The van der Waals surface area contributed by atoms with Gasteiger partial charge in [-0.05, 0) is 19.3 Å². The Morgan fingerprint density at radius 2 is 2.28 bits per heavy atom. The van der Waals surface area contributed by atoms with E-state index in [1.807, 2.05) is 0 Å². The number of aromatic nitrogens is 1. The van der Waals surface area contributed by atoms with E-state index < -0.39 is 0 Å². The van der Waals surface area contributed by atoms with Crippen LogP contribution in [0.25, 0.3) is 0 Å². The minimum absolute atomic E-state index is 0.310. The van der Waals surface area contributed by atoms with Crippen molar-refractivity contribution in [2.24, 2.45) is 4.99 Å². The van der Waals surface area contributed by atoms with Crippen LogP contribution < -0.4 is 10.6 Å². The van der Waals surface area contributed by atoms with Crippen LogP contribution in [-0.4, -0.2) is 57.0 Å². The highest BCUT2D eigenvalue weighted by Crippen LogP contribution is 2.19. The van der Waals surface area contributed by atoms with Crippen molar-refractivity contribution in [2.45, 2.75) is 51.6 Å². The van der Waals surface area contributed by atoms with E-state index in [2.05, 4.69) is 39.8 Å². The normalized spacial score (nSPS) is 18.1. The molecule has 1 atom stereocenters.